The van der Waals surface area contributed by atoms with E-state index in [2.05, 4.69) is 42.8 Å². The Balaban J connectivity index is 1.27. The number of hydrogen-bond acceptors (Lipinski definition) is 7. The number of nitrogens with zero attached hydrogens (tertiary/aromatic N) is 5. The van der Waals surface area contributed by atoms with Crippen molar-refractivity contribution in [3.63, 3.8) is 0 Å². The highest BCUT2D eigenvalue weighted by molar-refractivity contribution is 5.93. The van der Waals surface area contributed by atoms with E-state index in [1.807, 2.05) is 23.9 Å². The minimum absolute atomic E-state index is 0.359. The molecule has 9 heteroatoms. The standard InChI is InChI=1S/C20H26N8O/c1-27-18(16-4-2-3-5-17(16)26-27)13-22-10-14-6-8-28(9-7-14)20-23-11-15(12-24-20)19(29)25-21/h2-5,11-12,14,22H,6-10,13,21H2,1H3,(H,25,29). The first-order valence-electron chi connectivity index (χ1n) is 9.85. The van der Waals surface area contributed by atoms with Gasteiger partial charge in [-0.15, -0.1) is 0 Å². The zero-order valence-corrected chi connectivity index (χ0v) is 16.5. The van der Waals surface area contributed by atoms with E-state index in [1.165, 1.54) is 23.5 Å². The molecule has 3 heterocycles. The molecule has 9 nitrogen and oxygen atoms in total. The summed E-state index contributed by atoms with van der Waals surface area (Å²) >= 11 is 0. The zero-order valence-electron chi connectivity index (χ0n) is 16.5. The lowest BCUT2D eigenvalue weighted by Gasteiger charge is -2.32. The van der Waals surface area contributed by atoms with Crippen molar-refractivity contribution in [2.75, 3.05) is 24.5 Å². The summed E-state index contributed by atoms with van der Waals surface area (Å²) in [6.45, 7) is 3.60. The van der Waals surface area contributed by atoms with Gasteiger partial charge < -0.3 is 10.2 Å². The summed E-state index contributed by atoms with van der Waals surface area (Å²) in [5, 5.41) is 9.38. The molecule has 4 rings (SSSR count). The van der Waals surface area contributed by atoms with E-state index < -0.39 is 0 Å². The molecule has 0 spiro atoms. The molecule has 4 N–H and O–H groups in total. The summed E-state index contributed by atoms with van der Waals surface area (Å²) in [6.07, 6.45) is 5.17. The van der Waals surface area contributed by atoms with Crippen LogP contribution in [0.4, 0.5) is 5.95 Å². The number of nitrogens with two attached hydrogens (primary N) is 1. The van der Waals surface area contributed by atoms with Crippen molar-refractivity contribution < 1.29 is 4.79 Å². The summed E-state index contributed by atoms with van der Waals surface area (Å²) in [5.74, 6) is 6.02. The van der Waals surface area contributed by atoms with Gasteiger partial charge in [0.1, 0.15) is 0 Å². The Kier molecular flexibility index (Phi) is 5.68. The fourth-order valence-electron chi connectivity index (χ4n) is 3.83. The molecule has 1 amide bonds. The highest BCUT2D eigenvalue weighted by atomic mass is 16.2. The lowest BCUT2D eigenvalue weighted by Crippen LogP contribution is -2.38. The predicted octanol–water partition coefficient (Wildman–Crippen LogP) is 0.973. The monoisotopic (exact) mass is 394 g/mol. The van der Waals surface area contributed by atoms with Crippen LogP contribution in [0.3, 0.4) is 0 Å². The van der Waals surface area contributed by atoms with Crippen molar-refractivity contribution in [1.29, 1.82) is 0 Å². The van der Waals surface area contributed by atoms with E-state index in [4.69, 9.17) is 5.84 Å². The Labute approximate surface area is 169 Å². The number of hydrazine groups is 1. The van der Waals surface area contributed by atoms with Crippen LogP contribution in [0.1, 0.15) is 28.9 Å². The number of amides is 1. The molecule has 0 saturated carbocycles. The summed E-state index contributed by atoms with van der Waals surface area (Å²) in [5.41, 5.74) is 4.70. The highest BCUT2D eigenvalue weighted by Gasteiger charge is 2.21. The molecule has 29 heavy (non-hydrogen) atoms. The molecule has 1 aliphatic rings. The zero-order chi connectivity index (χ0) is 20.2. The average Bonchev–Trinajstić information content (AvgIpc) is 3.09. The highest BCUT2D eigenvalue weighted by Crippen LogP contribution is 2.21. The first-order chi connectivity index (χ1) is 14.2. The number of aromatic nitrogens is 4. The maximum atomic E-state index is 11.5. The van der Waals surface area contributed by atoms with Crippen LogP contribution in [-0.4, -0.2) is 45.3 Å². The number of carbonyl (C=O) groups excluding carboxylic acids is 1. The number of piperidine rings is 1. The fraction of sp³-hybridized carbons (Fsp3) is 0.400. The third-order valence-corrected chi connectivity index (χ3v) is 5.52. The summed E-state index contributed by atoms with van der Waals surface area (Å²) in [6, 6.07) is 8.25. The number of fused-ring (bicyclic) bond motifs is 1. The normalized spacial score (nSPS) is 15.0. The van der Waals surface area contributed by atoms with E-state index in [1.54, 1.807) is 0 Å². The number of nitrogens with one attached hydrogen (secondary N) is 2. The molecule has 1 aliphatic heterocycles. The van der Waals surface area contributed by atoms with Crippen LogP contribution in [0.15, 0.2) is 36.7 Å². The molecule has 3 aromatic rings. The predicted molar refractivity (Wildman–Crippen MR) is 111 cm³/mol. The molecule has 0 aliphatic carbocycles. The molecule has 1 saturated heterocycles. The Bertz CT molecular complexity index is 976. The maximum absolute atomic E-state index is 11.5. The molecule has 2 aromatic heterocycles. The number of anilines is 1. The van der Waals surface area contributed by atoms with Gasteiger partial charge in [-0.3, -0.25) is 14.9 Å². The van der Waals surface area contributed by atoms with E-state index in [-0.39, 0.29) is 5.91 Å². The molecule has 1 fully saturated rings. The summed E-state index contributed by atoms with van der Waals surface area (Å²) in [7, 11) is 2.00. The SMILES string of the molecule is Cn1nc2ccccc2c1CNCC1CCN(c2ncc(C(=O)NN)cn2)CC1. The van der Waals surface area contributed by atoms with Gasteiger partial charge in [-0.1, -0.05) is 18.2 Å². The first kappa shape index (κ1) is 19.3. The topological polar surface area (TPSA) is 114 Å². The third kappa shape index (κ3) is 4.20. The molecule has 0 unspecified atom stereocenters. The lowest BCUT2D eigenvalue weighted by atomic mass is 9.97. The molecule has 152 valence electrons. The molecular formula is C20H26N8O. The first-order valence-corrected chi connectivity index (χ1v) is 9.85. The molecular weight excluding hydrogens is 368 g/mol. The van der Waals surface area contributed by atoms with Crippen molar-refractivity contribution in [1.82, 2.24) is 30.5 Å². The minimum Gasteiger partial charge on any atom is -0.341 e. The van der Waals surface area contributed by atoms with Gasteiger partial charge in [0.15, 0.2) is 0 Å². The second-order valence-corrected chi connectivity index (χ2v) is 7.39. The summed E-state index contributed by atoms with van der Waals surface area (Å²) in [4.78, 5) is 22.3. The van der Waals surface area contributed by atoms with E-state index >= 15 is 0 Å². The minimum atomic E-state index is -0.387. The van der Waals surface area contributed by atoms with Crippen molar-refractivity contribution in [3.05, 3.63) is 47.9 Å². The Morgan fingerprint density at radius 1 is 1.21 bits per heavy atom. The average molecular weight is 394 g/mol. The van der Waals surface area contributed by atoms with Crippen molar-refractivity contribution in [2.45, 2.75) is 19.4 Å². The van der Waals surface area contributed by atoms with E-state index in [0.717, 1.165) is 44.5 Å². The Hall–Kier alpha value is -3.04. The van der Waals surface area contributed by atoms with Gasteiger partial charge in [-0.2, -0.15) is 5.10 Å². The van der Waals surface area contributed by atoms with Gasteiger partial charge in [0.05, 0.1) is 16.8 Å². The van der Waals surface area contributed by atoms with Crippen LogP contribution in [0.25, 0.3) is 10.9 Å². The van der Waals surface area contributed by atoms with Gasteiger partial charge in [0.2, 0.25) is 5.95 Å². The van der Waals surface area contributed by atoms with Gasteiger partial charge >= 0.3 is 0 Å². The van der Waals surface area contributed by atoms with Crippen molar-refractivity contribution in [3.8, 4) is 0 Å². The van der Waals surface area contributed by atoms with Crippen LogP contribution >= 0.6 is 0 Å². The number of hydrogen-bond donors (Lipinski definition) is 3. The number of carbonyl (C=O) groups is 1. The fourth-order valence-corrected chi connectivity index (χ4v) is 3.83. The van der Waals surface area contributed by atoms with Crippen molar-refractivity contribution in [2.24, 2.45) is 18.8 Å². The van der Waals surface area contributed by atoms with E-state index in [9.17, 15) is 4.79 Å². The molecule has 0 bridgehead atoms. The number of benzene rings is 1. The van der Waals surface area contributed by atoms with Crippen LogP contribution < -0.4 is 21.5 Å². The van der Waals surface area contributed by atoms with Crippen LogP contribution in [0.2, 0.25) is 0 Å². The van der Waals surface area contributed by atoms with Crippen molar-refractivity contribution >= 4 is 22.8 Å². The largest absolute Gasteiger partial charge is 0.341 e. The maximum Gasteiger partial charge on any atom is 0.268 e. The quantitative estimate of drug-likeness (QED) is 0.324. The third-order valence-electron chi connectivity index (χ3n) is 5.52. The summed E-state index contributed by atoms with van der Waals surface area (Å²) < 4.78 is 1.96. The number of rotatable bonds is 6. The number of aryl methyl sites for hydroxylation is 1. The second kappa shape index (κ2) is 8.54. The Morgan fingerprint density at radius 2 is 1.93 bits per heavy atom. The smallest absolute Gasteiger partial charge is 0.268 e. The van der Waals surface area contributed by atoms with Crippen LogP contribution in [0, 0.1) is 5.92 Å². The van der Waals surface area contributed by atoms with Crippen LogP contribution in [-0.2, 0) is 13.6 Å². The van der Waals surface area contributed by atoms with Gasteiger partial charge in [-0.05, 0) is 31.4 Å². The Morgan fingerprint density at radius 3 is 2.66 bits per heavy atom. The second-order valence-electron chi connectivity index (χ2n) is 7.39. The van der Waals surface area contributed by atoms with Crippen LogP contribution in [0.5, 0.6) is 0 Å². The lowest BCUT2D eigenvalue weighted by molar-refractivity contribution is 0.0953. The van der Waals surface area contributed by atoms with E-state index in [0.29, 0.717) is 17.4 Å². The van der Waals surface area contributed by atoms with Gasteiger partial charge in [0.25, 0.3) is 5.91 Å². The molecule has 0 radical (unpaired) electrons. The molecule has 1 aromatic carbocycles. The molecule has 0 atom stereocenters. The van der Waals surface area contributed by atoms with Gasteiger partial charge in [-0.25, -0.2) is 15.8 Å². The number of nitrogen functional groups attached to an aromatic ring is 1. The van der Waals surface area contributed by atoms with Gasteiger partial charge in [0, 0.05) is 44.5 Å².